The number of rotatable bonds is 17. The van der Waals surface area contributed by atoms with E-state index in [0.717, 1.165) is 12.8 Å². The second-order valence-electron chi connectivity index (χ2n) is 9.72. The maximum atomic E-state index is 13.6. The van der Waals surface area contributed by atoms with Crippen LogP contribution >= 0.6 is 0 Å². The topological polar surface area (TPSA) is 106 Å². The normalized spacial score (nSPS) is 17.2. The van der Waals surface area contributed by atoms with Crippen molar-refractivity contribution in [2.45, 2.75) is 97.1 Å². The molecule has 1 atom stereocenters. The fraction of sp³-hybridized carbons (Fsp3) is 0.731. The number of ether oxygens (including phenoxy) is 3. The molecule has 0 saturated heterocycles. The van der Waals surface area contributed by atoms with E-state index in [9.17, 15) is 4.79 Å². The molecule has 1 heterocycles. The number of anilines is 1. The summed E-state index contributed by atoms with van der Waals surface area (Å²) in [6, 6.07) is 3.42. The van der Waals surface area contributed by atoms with E-state index in [-0.39, 0.29) is 5.91 Å². The Balaban J connectivity index is 1.99. The predicted octanol–water partition coefficient (Wildman–Crippen LogP) is 6.16. The Labute approximate surface area is 210 Å². The van der Waals surface area contributed by atoms with Gasteiger partial charge in [0.25, 0.3) is 0 Å². The molecule has 9 heteroatoms. The van der Waals surface area contributed by atoms with E-state index in [1.54, 1.807) is 33.5 Å². The second kappa shape index (κ2) is 14.1. The minimum Gasteiger partial charge on any atom is -0.496 e. The highest BCUT2D eigenvalue weighted by molar-refractivity contribution is 5.98. The molecule has 0 aromatic heterocycles. The van der Waals surface area contributed by atoms with Gasteiger partial charge in [0.05, 0.1) is 26.7 Å². The van der Waals surface area contributed by atoms with Crippen molar-refractivity contribution in [3.05, 3.63) is 12.1 Å². The highest BCUT2D eigenvalue weighted by Crippen LogP contribution is 2.43. The van der Waals surface area contributed by atoms with Crippen LogP contribution in [0, 0.1) is 5.41 Å². The number of methoxy groups -OCH3 is 3. The van der Waals surface area contributed by atoms with Gasteiger partial charge < -0.3 is 19.5 Å². The van der Waals surface area contributed by atoms with Gasteiger partial charge in [0.1, 0.15) is 22.9 Å². The molecular weight excluding hydrogens is 446 g/mol. The molecule has 2 rings (SSSR count). The second-order valence-corrected chi connectivity index (χ2v) is 9.72. The van der Waals surface area contributed by atoms with Gasteiger partial charge in [0.15, 0.2) is 5.66 Å². The molecule has 0 fully saturated rings. The fourth-order valence-corrected chi connectivity index (χ4v) is 4.41. The number of benzene rings is 1. The maximum absolute atomic E-state index is 13.6. The molecule has 198 valence electrons. The summed E-state index contributed by atoms with van der Waals surface area (Å²) >= 11 is 0. The van der Waals surface area contributed by atoms with Gasteiger partial charge in [0.2, 0.25) is 5.91 Å². The number of carbonyl (C=O) groups is 1. The highest BCUT2D eigenvalue weighted by Gasteiger charge is 2.52. The zero-order valence-corrected chi connectivity index (χ0v) is 22.5. The van der Waals surface area contributed by atoms with E-state index < -0.39 is 11.1 Å². The molecule has 1 unspecified atom stereocenters. The van der Waals surface area contributed by atoms with E-state index in [0.29, 0.717) is 29.4 Å². The van der Waals surface area contributed by atoms with Gasteiger partial charge in [-0.1, -0.05) is 69.9 Å². The van der Waals surface area contributed by atoms with E-state index in [4.69, 9.17) is 14.2 Å². The number of hydrogen-bond donors (Lipinski definition) is 3. The van der Waals surface area contributed by atoms with Crippen LogP contribution in [0.3, 0.4) is 0 Å². The molecule has 9 nitrogen and oxygen atoms in total. The first-order valence-corrected chi connectivity index (χ1v) is 12.9. The standard InChI is InChI=1S/C26H45N5O4/c1-7-8-9-10-11-12-13-14-15-16-17-26(28-30-31-29-26)25(2,3)24(32)27-23-21(34-5)18-20(33-4)19-22(23)35-6/h18-19H,7-17H2,1-6H3,(H,27,32)(H,28,31)(H,29,30). The lowest BCUT2D eigenvalue weighted by Gasteiger charge is -2.38. The minimum absolute atomic E-state index is 0.221. The lowest BCUT2D eigenvalue weighted by atomic mass is 9.75. The Morgan fingerprint density at radius 3 is 1.91 bits per heavy atom. The molecule has 0 radical (unpaired) electrons. The van der Waals surface area contributed by atoms with Crippen LogP contribution in [0.2, 0.25) is 0 Å². The number of hydrogen-bond acceptors (Lipinski definition) is 8. The Hall–Kier alpha value is -2.55. The van der Waals surface area contributed by atoms with Crippen molar-refractivity contribution >= 4 is 11.6 Å². The van der Waals surface area contributed by atoms with Crippen molar-refractivity contribution in [3.63, 3.8) is 0 Å². The SMILES string of the molecule is CCCCCCCCCCCCC1(C(C)(C)C(=O)Nc2c(OC)cc(OC)cc2OC)N=NNN1. The molecular formula is C26H45N5O4. The van der Waals surface area contributed by atoms with Crippen molar-refractivity contribution in [3.8, 4) is 17.2 Å². The minimum atomic E-state index is -0.921. The monoisotopic (exact) mass is 491 g/mol. The van der Waals surface area contributed by atoms with Crippen LogP contribution in [0.4, 0.5) is 5.69 Å². The van der Waals surface area contributed by atoms with Crippen LogP contribution in [0.5, 0.6) is 17.2 Å². The molecule has 0 bridgehead atoms. The van der Waals surface area contributed by atoms with Crippen molar-refractivity contribution in [1.82, 2.24) is 11.0 Å². The van der Waals surface area contributed by atoms with Crippen LogP contribution < -0.4 is 30.5 Å². The maximum Gasteiger partial charge on any atom is 0.234 e. The van der Waals surface area contributed by atoms with E-state index >= 15 is 0 Å². The van der Waals surface area contributed by atoms with Gasteiger partial charge in [-0.05, 0) is 26.7 Å². The molecule has 1 amide bonds. The van der Waals surface area contributed by atoms with Crippen molar-refractivity contribution in [2.24, 2.45) is 15.8 Å². The largest absolute Gasteiger partial charge is 0.496 e. The predicted molar refractivity (Wildman–Crippen MR) is 139 cm³/mol. The quantitative estimate of drug-likeness (QED) is 0.225. The van der Waals surface area contributed by atoms with Gasteiger partial charge in [-0.2, -0.15) is 5.43 Å². The molecule has 1 aliphatic rings. The Bertz CT molecular complexity index is 805. The first kappa shape index (κ1) is 28.7. The number of carbonyl (C=O) groups excluding carboxylic acids is 1. The average molecular weight is 492 g/mol. The first-order valence-electron chi connectivity index (χ1n) is 12.9. The molecule has 0 saturated carbocycles. The van der Waals surface area contributed by atoms with Crippen LogP contribution in [-0.4, -0.2) is 32.9 Å². The smallest absolute Gasteiger partial charge is 0.234 e. The lowest BCUT2D eigenvalue weighted by molar-refractivity contribution is -0.128. The van der Waals surface area contributed by atoms with Gasteiger partial charge in [-0.15, -0.1) is 5.11 Å². The number of unbranched alkanes of at least 4 members (excludes halogenated alkanes) is 9. The zero-order valence-electron chi connectivity index (χ0n) is 22.5. The molecule has 1 aliphatic heterocycles. The Morgan fingerprint density at radius 1 is 0.914 bits per heavy atom. The van der Waals surface area contributed by atoms with E-state index in [1.807, 2.05) is 13.8 Å². The Morgan fingerprint density at radius 2 is 1.46 bits per heavy atom. The van der Waals surface area contributed by atoms with Crippen molar-refractivity contribution in [2.75, 3.05) is 26.6 Å². The van der Waals surface area contributed by atoms with Crippen LogP contribution in [-0.2, 0) is 4.79 Å². The first-order chi connectivity index (χ1) is 16.8. The number of amides is 1. The number of nitrogens with zero attached hydrogens (tertiary/aromatic N) is 2. The van der Waals surface area contributed by atoms with E-state index in [1.165, 1.54) is 51.4 Å². The Kier molecular flexibility index (Phi) is 11.6. The molecule has 1 aromatic rings. The summed E-state index contributed by atoms with van der Waals surface area (Å²) < 4.78 is 16.3. The van der Waals surface area contributed by atoms with Gasteiger partial charge >= 0.3 is 0 Å². The fourth-order valence-electron chi connectivity index (χ4n) is 4.41. The zero-order chi connectivity index (χ0) is 25.7. The summed E-state index contributed by atoms with van der Waals surface area (Å²) in [5.41, 5.74) is 4.57. The summed E-state index contributed by atoms with van der Waals surface area (Å²) in [6.07, 6.45) is 13.2. The summed E-state index contributed by atoms with van der Waals surface area (Å²) in [5.74, 6) is 1.26. The van der Waals surface area contributed by atoms with Crippen molar-refractivity contribution in [1.29, 1.82) is 0 Å². The highest BCUT2D eigenvalue weighted by atomic mass is 16.5. The summed E-state index contributed by atoms with van der Waals surface area (Å²) in [6.45, 7) is 6.00. The van der Waals surface area contributed by atoms with Crippen molar-refractivity contribution < 1.29 is 19.0 Å². The summed E-state index contributed by atoms with van der Waals surface area (Å²) in [4.78, 5) is 13.6. The molecule has 35 heavy (non-hydrogen) atoms. The average Bonchev–Trinajstić information content (AvgIpc) is 3.35. The van der Waals surface area contributed by atoms with E-state index in [2.05, 4.69) is 33.5 Å². The number of hydrazine groups is 1. The van der Waals surface area contributed by atoms with Crippen LogP contribution in [0.1, 0.15) is 91.4 Å². The molecule has 3 N–H and O–H groups in total. The third-order valence-corrected chi connectivity index (χ3v) is 6.98. The molecule has 1 aromatic carbocycles. The van der Waals surface area contributed by atoms with Crippen LogP contribution in [0.15, 0.2) is 22.5 Å². The van der Waals surface area contributed by atoms with Gasteiger partial charge in [0, 0.05) is 12.1 Å². The molecule has 0 spiro atoms. The summed E-state index contributed by atoms with van der Waals surface area (Å²) in [7, 11) is 4.65. The van der Waals surface area contributed by atoms with Gasteiger partial charge in [-0.3, -0.25) is 4.79 Å². The lowest BCUT2D eigenvalue weighted by Crippen LogP contribution is -2.59. The third kappa shape index (κ3) is 7.46. The number of nitrogens with one attached hydrogen (secondary N) is 3. The van der Waals surface area contributed by atoms with Crippen LogP contribution in [0.25, 0.3) is 0 Å². The summed E-state index contributed by atoms with van der Waals surface area (Å²) in [5, 5.41) is 11.4. The third-order valence-electron chi connectivity index (χ3n) is 6.98. The van der Waals surface area contributed by atoms with Gasteiger partial charge in [-0.25, -0.2) is 5.53 Å². The molecule has 0 aliphatic carbocycles.